The first kappa shape index (κ1) is 15.8. The lowest BCUT2D eigenvalue weighted by molar-refractivity contribution is -0.137. The summed E-state index contributed by atoms with van der Waals surface area (Å²) >= 11 is 0. The number of nitrogens with two attached hydrogens (primary N) is 1. The SMILES string of the molecule is NC1CCCCC1C(=O)NCc1ccc(C(F)(F)F)cc1. The molecule has 1 fully saturated rings. The molecule has 21 heavy (non-hydrogen) atoms. The summed E-state index contributed by atoms with van der Waals surface area (Å²) in [6.45, 7) is 0.222. The van der Waals surface area contributed by atoms with E-state index in [1.807, 2.05) is 0 Å². The fourth-order valence-corrected chi connectivity index (χ4v) is 2.62. The van der Waals surface area contributed by atoms with Crippen molar-refractivity contribution in [2.75, 3.05) is 0 Å². The standard InChI is InChI=1S/C15H19F3N2O/c16-15(17,18)11-7-5-10(6-8-11)9-20-14(21)12-3-1-2-4-13(12)19/h5-8,12-13H,1-4,9,19H2,(H,20,21). The van der Waals surface area contributed by atoms with Gasteiger partial charge in [-0.25, -0.2) is 0 Å². The first-order chi connectivity index (χ1) is 9.88. The van der Waals surface area contributed by atoms with Crippen LogP contribution < -0.4 is 11.1 Å². The van der Waals surface area contributed by atoms with Gasteiger partial charge >= 0.3 is 6.18 Å². The molecule has 3 nitrogen and oxygen atoms in total. The summed E-state index contributed by atoms with van der Waals surface area (Å²) in [5.41, 5.74) is 5.88. The number of benzene rings is 1. The van der Waals surface area contributed by atoms with Crippen molar-refractivity contribution in [1.82, 2.24) is 5.32 Å². The highest BCUT2D eigenvalue weighted by Gasteiger charge is 2.30. The molecule has 1 aromatic rings. The van der Waals surface area contributed by atoms with Crippen molar-refractivity contribution < 1.29 is 18.0 Å². The van der Waals surface area contributed by atoms with E-state index in [4.69, 9.17) is 5.73 Å². The minimum Gasteiger partial charge on any atom is -0.352 e. The van der Waals surface area contributed by atoms with E-state index in [1.165, 1.54) is 12.1 Å². The quantitative estimate of drug-likeness (QED) is 0.902. The van der Waals surface area contributed by atoms with Crippen LogP contribution >= 0.6 is 0 Å². The molecule has 0 spiro atoms. The number of hydrogen-bond acceptors (Lipinski definition) is 2. The molecule has 2 unspecified atom stereocenters. The van der Waals surface area contributed by atoms with Crippen LogP contribution in [-0.4, -0.2) is 11.9 Å². The van der Waals surface area contributed by atoms with Crippen LogP contribution in [0, 0.1) is 5.92 Å². The van der Waals surface area contributed by atoms with Crippen LogP contribution in [0.4, 0.5) is 13.2 Å². The lowest BCUT2D eigenvalue weighted by Crippen LogP contribution is -2.43. The molecule has 116 valence electrons. The van der Waals surface area contributed by atoms with Crippen molar-refractivity contribution in [3.63, 3.8) is 0 Å². The smallest absolute Gasteiger partial charge is 0.352 e. The molecular formula is C15H19F3N2O. The second-order valence-corrected chi connectivity index (χ2v) is 5.47. The molecule has 1 amide bonds. The Hall–Kier alpha value is -1.56. The Labute approximate surface area is 121 Å². The third kappa shape index (κ3) is 4.20. The number of halogens is 3. The normalized spacial score (nSPS) is 22.9. The average molecular weight is 300 g/mol. The lowest BCUT2D eigenvalue weighted by atomic mass is 9.84. The molecule has 1 saturated carbocycles. The van der Waals surface area contributed by atoms with E-state index in [2.05, 4.69) is 5.32 Å². The topological polar surface area (TPSA) is 55.1 Å². The zero-order chi connectivity index (χ0) is 15.5. The van der Waals surface area contributed by atoms with Crippen molar-refractivity contribution in [3.8, 4) is 0 Å². The summed E-state index contributed by atoms with van der Waals surface area (Å²) in [5, 5.41) is 2.76. The summed E-state index contributed by atoms with van der Waals surface area (Å²) in [7, 11) is 0. The van der Waals surface area contributed by atoms with E-state index >= 15 is 0 Å². The molecule has 2 atom stereocenters. The van der Waals surface area contributed by atoms with Gasteiger partial charge < -0.3 is 11.1 Å². The maximum absolute atomic E-state index is 12.4. The largest absolute Gasteiger partial charge is 0.416 e. The number of amides is 1. The van der Waals surface area contributed by atoms with E-state index in [-0.39, 0.29) is 24.4 Å². The predicted octanol–water partition coefficient (Wildman–Crippen LogP) is 2.84. The van der Waals surface area contributed by atoms with Gasteiger partial charge in [-0.2, -0.15) is 13.2 Å². The zero-order valence-electron chi connectivity index (χ0n) is 11.6. The van der Waals surface area contributed by atoms with E-state index in [1.54, 1.807) is 0 Å². The highest BCUT2D eigenvalue weighted by Crippen LogP contribution is 2.29. The summed E-state index contributed by atoms with van der Waals surface area (Å²) in [5.74, 6) is -0.296. The molecule has 0 radical (unpaired) electrons. The molecule has 0 aromatic heterocycles. The van der Waals surface area contributed by atoms with Crippen molar-refractivity contribution in [3.05, 3.63) is 35.4 Å². The predicted molar refractivity (Wildman–Crippen MR) is 73.2 cm³/mol. The number of hydrogen-bond donors (Lipinski definition) is 2. The van der Waals surface area contributed by atoms with E-state index in [0.29, 0.717) is 5.56 Å². The molecule has 2 rings (SSSR count). The average Bonchev–Trinajstić information content (AvgIpc) is 2.45. The summed E-state index contributed by atoms with van der Waals surface area (Å²) in [4.78, 5) is 12.0. The van der Waals surface area contributed by atoms with Gasteiger partial charge in [-0.1, -0.05) is 25.0 Å². The van der Waals surface area contributed by atoms with Crippen LogP contribution in [0.5, 0.6) is 0 Å². The van der Waals surface area contributed by atoms with Gasteiger partial charge in [0.2, 0.25) is 5.91 Å². The van der Waals surface area contributed by atoms with E-state index in [9.17, 15) is 18.0 Å². The minimum absolute atomic E-state index is 0.109. The fourth-order valence-electron chi connectivity index (χ4n) is 2.62. The number of nitrogens with one attached hydrogen (secondary N) is 1. The molecule has 1 aliphatic rings. The number of alkyl halides is 3. The van der Waals surface area contributed by atoms with E-state index < -0.39 is 11.7 Å². The molecular weight excluding hydrogens is 281 g/mol. The first-order valence-electron chi connectivity index (χ1n) is 7.07. The Morgan fingerprint density at radius 3 is 2.38 bits per heavy atom. The van der Waals surface area contributed by atoms with Crippen molar-refractivity contribution in [2.45, 2.75) is 44.4 Å². The van der Waals surface area contributed by atoms with Gasteiger partial charge in [-0.15, -0.1) is 0 Å². The molecule has 0 aliphatic heterocycles. The van der Waals surface area contributed by atoms with Gasteiger partial charge in [0.15, 0.2) is 0 Å². The monoisotopic (exact) mass is 300 g/mol. The Kier molecular flexibility index (Phi) is 4.88. The Balaban J connectivity index is 1.89. The number of carbonyl (C=O) groups is 1. The highest BCUT2D eigenvalue weighted by atomic mass is 19.4. The third-order valence-electron chi connectivity index (χ3n) is 3.90. The maximum Gasteiger partial charge on any atom is 0.416 e. The molecule has 6 heteroatoms. The second-order valence-electron chi connectivity index (χ2n) is 5.47. The van der Waals surface area contributed by atoms with E-state index in [0.717, 1.165) is 37.8 Å². The summed E-state index contributed by atoms with van der Waals surface area (Å²) < 4.78 is 37.3. The van der Waals surface area contributed by atoms with Crippen molar-refractivity contribution >= 4 is 5.91 Å². The van der Waals surface area contributed by atoms with Gasteiger partial charge in [0, 0.05) is 12.6 Å². The Bertz CT molecular complexity index is 485. The van der Waals surface area contributed by atoms with Crippen molar-refractivity contribution in [1.29, 1.82) is 0 Å². The third-order valence-corrected chi connectivity index (χ3v) is 3.90. The molecule has 0 bridgehead atoms. The van der Waals surface area contributed by atoms with Gasteiger partial charge in [-0.05, 0) is 30.5 Å². The molecule has 1 aromatic carbocycles. The van der Waals surface area contributed by atoms with Crippen LogP contribution in [-0.2, 0) is 17.5 Å². The first-order valence-corrected chi connectivity index (χ1v) is 7.07. The molecule has 3 N–H and O–H groups in total. The van der Waals surface area contributed by atoms with Crippen LogP contribution in [0.2, 0.25) is 0 Å². The molecule has 0 saturated heterocycles. The van der Waals surface area contributed by atoms with Crippen LogP contribution in [0.3, 0.4) is 0 Å². The van der Waals surface area contributed by atoms with Crippen molar-refractivity contribution in [2.24, 2.45) is 11.7 Å². The fraction of sp³-hybridized carbons (Fsp3) is 0.533. The summed E-state index contributed by atoms with van der Waals surface area (Å²) in [6.07, 6.45) is -0.676. The number of rotatable bonds is 3. The maximum atomic E-state index is 12.4. The van der Waals surface area contributed by atoms with Gasteiger partial charge in [-0.3, -0.25) is 4.79 Å². The minimum atomic E-state index is -4.34. The zero-order valence-corrected chi connectivity index (χ0v) is 11.6. The molecule has 1 aliphatic carbocycles. The van der Waals surface area contributed by atoms with Crippen LogP contribution in [0.1, 0.15) is 36.8 Å². The lowest BCUT2D eigenvalue weighted by Gasteiger charge is -2.27. The molecule has 0 heterocycles. The Morgan fingerprint density at radius 1 is 1.19 bits per heavy atom. The van der Waals surface area contributed by atoms with Gasteiger partial charge in [0.25, 0.3) is 0 Å². The Morgan fingerprint density at radius 2 is 1.81 bits per heavy atom. The highest BCUT2D eigenvalue weighted by molar-refractivity contribution is 5.79. The number of carbonyl (C=O) groups excluding carboxylic acids is 1. The van der Waals surface area contributed by atoms with Gasteiger partial charge in [0.05, 0.1) is 11.5 Å². The second kappa shape index (κ2) is 6.47. The summed E-state index contributed by atoms with van der Waals surface area (Å²) in [6, 6.07) is 4.68. The van der Waals surface area contributed by atoms with Crippen LogP contribution in [0.25, 0.3) is 0 Å². The van der Waals surface area contributed by atoms with Crippen LogP contribution in [0.15, 0.2) is 24.3 Å². The van der Waals surface area contributed by atoms with Gasteiger partial charge in [0.1, 0.15) is 0 Å².